The molecule has 2 heterocycles. The minimum atomic E-state index is -0.237. The Bertz CT molecular complexity index is 412. The van der Waals surface area contributed by atoms with Crippen LogP contribution in [0.1, 0.15) is 18.7 Å². The Morgan fingerprint density at radius 1 is 1.47 bits per heavy atom. The summed E-state index contributed by atoms with van der Waals surface area (Å²) in [7, 11) is 0. The van der Waals surface area contributed by atoms with Crippen molar-refractivity contribution in [3.63, 3.8) is 0 Å². The van der Waals surface area contributed by atoms with E-state index in [1.807, 2.05) is 23.2 Å². The van der Waals surface area contributed by atoms with Gasteiger partial charge in [-0.2, -0.15) is 5.26 Å². The van der Waals surface area contributed by atoms with Crippen LogP contribution in [-0.2, 0) is 4.79 Å². The summed E-state index contributed by atoms with van der Waals surface area (Å²) in [5.41, 5.74) is 0.920. The molecule has 1 aromatic rings. The van der Waals surface area contributed by atoms with Gasteiger partial charge < -0.3 is 9.88 Å². The van der Waals surface area contributed by atoms with Gasteiger partial charge in [0.15, 0.2) is 0 Å². The van der Waals surface area contributed by atoms with E-state index in [0.717, 1.165) is 18.8 Å². The third kappa shape index (κ3) is 2.48. The standard InChI is InChI=1S/C12H16N4O/c1-10(17)15-5-7-16(8-6-15)12(9-13)11-3-2-4-14-11/h2-4,12,14H,5-8H2,1H3. The molecule has 0 aromatic carbocycles. The number of nitrogens with zero attached hydrogens (tertiary/aromatic N) is 3. The zero-order valence-corrected chi connectivity index (χ0v) is 9.89. The third-order valence-corrected chi connectivity index (χ3v) is 3.16. The highest BCUT2D eigenvalue weighted by Crippen LogP contribution is 2.19. The molecule has 0 saturated carbocycles. The first-order valence-corrected chi connectivity index (χ1v) is 5.75. The molecule has 2 rings (SSSR count). The molecule has 0 radical (unpaired) electrons. The molecule has 1 fully saturated rings. The van der Waals surface area contributed by atoms with Gasteiger partial charge in [-0.25, -0.2) is 0 Å². The number of hydrogen-bond acceptors (Lipinski definition) is 3. The number of nitrogens with one attached hydrogen (secondary N) is 1. The van der Waals surface area contributed by atoms with Crippen molar-refractivity contribution in [2.24, 2.45) is 0 Å². The highest BCUT2D eigenvalue weighted by Gasteiger charge is 2.26. The second kappa shape index (κ2) is 5.02. The maximum atomic E-state index is 11.2. The average Bonchev–Trinajstić information content (AvgIpc) is 2.84. The van der Waals surface area contributed by atoms with Crippen molar-refractivity contribution >= 4 is 5.91 Å². The van der Waals surface area contributed by atoms with Crippen molar-refractivity contribution in [1.29, 1.82) is 5.26 Å². The average molecular weight is 232 g/mol. The predicted octanol–water partition coefficient (Wildman–Crippen LogP) is 0.743. The fourth-order valence-electron chi connectivity index (χ4n) is 2.16. The minimum absolute atomic E-state index is 0.109. The van der Waals surface area contributed by atoms with Crippen LogP contribution in [0.15, 0.2) is 18.3 Å². The van der Waals surface area contributed by atoms with Crippen LogP contribution < -0.4 is 0 Å². The van der Waals surface area contributed by atoms with Crippen molar-refractivity contribution in [2.75, 3.05) is 26.2 Å². The van der Waals surface area contributed by atoms with Crippen LogP contribution in [0.3, 0.4) is 0 Å². The number of amides is 1. The Morgan fingerprint density at radius 2 is 2.18 bits per heavy atom. The molecule has 1 aliphatic heterocycles. The number of H-pyrrole nitrogens is 1. The fourth-order valence-corrected chi connectivity index (χ4v) is 2.16. The lowest BCUT2D eigenvalue weighted by atomic mass is 10.1. The highest BCUT2D eigenvalue weighted by molar-refractivity contribution is 5.73. The molecule has 1 aliphatic rings. The summed E-state index contributed by atoms with van der Waals surface area (Å²) in [6, 6.07) is 5.89. The maximum absolute atomic E-state index is 11.2. The maximum Gasteiger partial charge on any atom is 0.219 e. The van der Waals surface area contributed by atoms with Gasteiger partial charge in [0.1, 0.15) is 6.04 Å². The predicted molar refractivity (Wildman–Crippen MR) is 63.0 cm³/mol. The van der Waals surface area contributed by atoms with E-state index in [9.17, 15) is 10.1 Å². The number of carbonyl (C=O) groups excluding carboxylic acids is 1. The van der Waals surface area contributed by atoms with Crippen molar-refractivity contribution in [3.05, 3.63) is 24.0 Å². The molecule has 1 atom stereocenters. The van der Waals surface area contributed by atoms with E-state index >= 15 is 0 Å². The van der Waals surface area contributed by atoms with E-state index in [2.05, 4.69) is 16.0 Å². The van der Waals surface area contributed by atoms with Gasteiger partial charge in [0.2, 0.25) is 5.91 Å². The lowest BCUT2D eigenvalue weighted by Crippen LogP contribution is -2.48. The van der Waals surface area contributed by atoms with E-state index in [-0.39, 0.29) is 11.9 Å². The van der Waals surface area contributed by atoms with Crippen LogP contribution in [0.4, 0.5) is 0 Å². The van der Waals surface area contributed by atoms with Gasteiger partial charge in [-0.15, -0.1) is 0 Å². The molecule has 17 heavy (non-hydrogen) atoms. The summed E-state index contributed by atoms with van der Waals surface area (Å²) in [5.74, 6) is 0.109. The molecule has 0 bridgehead atoms. The second-order valence-corrected chi connectivity index (χ2v) is 4.20. The topological polar surface area (TPSA) is 63.1 Å². The third-order valence-electron chi connectivity index (χ3n) is 3.16. The summed E-state index contributed by atoms with van der Waals surface area (Å²) in [4.78, 5) is 18.2. The first kappa shape index (κ1) is 11.7. The van der Waals surface area contributed by atoms with E-state index in [1.165, 1.54) is 0 Å². The van der Waals surface area contributed by atoms with Gasteiger partial charge in [0.25, 0.3) is 0 Å². The molecule has 1 unspecified atom stereocenters. The summed E-state index contributed by atoms with van der Waals surface area (Å²) in [6.07, 6.45) is 1.82. The van der Waals surface area contributed by atoms with Crippen LogP contribution in [0, 0.1) is 11.3 Å². The van der Waals surface area contributed by atoms with Crippen molar-refractivity contribution in [1.82, 2.24) is 14.8 Å². The summed E-state index contributed by atoms with van der Waals surface area (Å²) < 4.78 is 0. The van der Waals surface area contributed by atoms with Gasteiger partial charge in [0.05, 0.1) is 6.07 Å². The van der Waals surface area contributed by atoms with Gasteiger partial charge >= 0.3 is 0 Å². The number of rotatable bonds is 2. The molecular weight excluding hydrogens is 216 g/mol. The molecule has 5 heteroatoms. The van der Waals surface area contributed by atoms with Gasteiger partial charge in [-0.1, -0.05) is 0 Å². The van der Waals surface area contributed by atoms with Crippen LogP contribution in [0.5, 0.6) is 0 Å². The number of hydrogen-bond donors (Lipinski definition) is 1. The van der Waals surface area contributed by atoms with Crippen LogP contribution in [0.25, 0.3) is 0 Å². The number of carbonyl (C=O) groups is 1. The number of aromatic amines is 1. The number of piperazine rings is 1. The van der Waals surface area contributed by atoms with Crippen molar-refractivity contribution < 1.29 is 4.79 Å². The van der Waals surface area contributed by atoms with Crippen LogP contribution >= 0.6 is 0 Å². The first-order chi connectivity index (χ1) is 8.22. The monoisotopic (exact) mass is 232 g/mol. The molecule has 0 spiro atoms. The van der Waals surface area contributed by atoms with Gasteiger partial charge in [0, 0.05) is 45.0 Å². The SMILES string of the molecule is CC(=O)N1CCN(C(C#N)c2ccc[nH]2)CC1. The zero-order chi connectivity index (χ0) is 12.3. The van der Waals surface area contributed by atoms with Crippen LogP contribution in [0.2, 0.25) is 0 Å². The molecular formula is C12H16N4O. The quantitative estimate of drug-likeness (QED) is 0.818. The van der Waals surface area contributed by atoms with Gasteiger partial charge in [-0.05, 0) is 12.1 Å². The van der Waals surface area contributed by atoms with Gasteiger partial charge in [-0.3, -0.25) is 9.69 Å². The first-order valence-electron chi connectivity index (χ1n) is 5.75. The molecule has 1 amide bonds. The summed E-state index contributed by atoms with van der Waals surface area (Å²) >= 11 is 0. The number of nitriles is 1. The minimum Gasteiger partial charge on any atom is -0.363 e. The molecule has 5 nitrogen and oxygen atoms in total. The lowest BCUT2D eigenvalue weighted by molar-refractivity contribution is -0.130. The highest BCUT2D eigenvalue weighted by atomic mass is 16.2. The van der Waals surface area contributed by atoms with Crippen molar-refractivity contribution in [2.45, 2.75) is 13.0 Å². The Kier molecular flexibility index (Phi) is 3.45. The van der Waals surface area contributed by atoms with E-state index < -0.39 is 0 Å². The Morgan fingerprint density at radius 3 is 2.65 bits per heavy atom. The molecule has 1 aromatic heterocycles. The van der Waals surface area contributed by atoms with Crippen molar-refractivity contribution in [3.8, 4) is 6.07 Å². The Hall–Kier alpha value is -1.80. The normalized spacial score (nSPS) is 18.7. The largest absolute Gasteiger partial charge is 0.363 e. The lowest BCUT2D eigenvalue weighted by Gasteiger charge is -2.36. The zero-order valence-electron chi connectivity index (χ0n) is 9.89. The smallest absolute Gasteiger partial charge is 0.219 e. The molecule has 90 valence electrons. The Labute approximate surface area is 101 Å². The summed E-state index contributed by atoms with van der Waals surface area (Å²) in [6.45, 7) is 4.48. The van der Waals surface area contributed by atoms with E-state index in [4.69, 9.17) is 0 Å². The molecule has 0 aliphatic carbocycles. The van der Waals surface area contributed by atoms with Crippen LogP contribution in [-0.4, -0.2) is 46.9 Å². The van der Waals surface area contributed by atoms with E-state index in [1.54, 1.807) is 6.92 Å². The summed E-state index contributed by atoms with van der Waals surface area (Å²) in [5, 5.41) is 9.23. The molecule has 1 N–H and O–H groups in total. The van der Waals surface area contributed by atoms with E-state index in [0.29, 0.717) is 13.1 Å². The fraction of sp³-hybridized carbons (Fsp3) is 0.500. The number of aromatic nitrogens is 1. The Balaban J connectivity index is 2.00. The second-order valence-electron chi connectivity index (χ2n) is 4.20. The molecule has 1 saturated heterocycles.